The Bertz CT molecular complexity index is 579. The number of carbonyl (C=O) groups excluding carboxylic acids is 1. The van der Waals surface area contributed by atoms with E-state index in [2.05, 4.69) is 10.6 Å². The molecule has 0 fully saturated rings. The topological polar surface area (TPSA) is 93.5 Å². The van der Waals surface area contributed by atoms with Crippen LogP contribution in [0.1, 0.15) is 38.3 Å². The maximum Gasteiger partial charge on any atom is 0.407 e. The average Bonchev–Trinajstić information content (AvgIpc) is 2.39. The summed E-state index contributed by atoms with van der Waals surface area (Å²) in [4.78, 5) is 22.2. The summed E-state index contributed by atoms with van der Waals surface area (Å²) in [7, 11) is 0. The summed E-state index contributed by atoms with van der Waals surface area (Å²) in [6, 6.07) is 3.34. The first kappa shape index (κ1) is 18.7. The van der Waals surface area contributed by atoms with E-state index >= 15 is 0 Å². The Kier molecular flexibility index (Phi) is 6.36. The van der Waals surface area contributed by atoms with E-state index in [1.807, 2.05) is 13.8 Å². The van der Waals surface area contributed by atoms with Gasteiger partial charge in [-0.2, -0.15) is 0 Å². The predicted molar refractivity (Wildman–Crippen MR) is 89.9 cm³/mol. The molecule has 1 aromatic carbocycles. The lowest BCUT2D eigenvalue weighted by Crippen LogP contribution is -2.33. The maximum absolute atomic E-state index is 11.5. The average molecular weight is 323 g/mol. The van der Waals surface area contributed by atoms with E-state index in [-0.39, 0.29) is 5.69 Å². The molecular weight excluding hydrogens is 298 g/mol. The van der Waals surface area contributed by atoms with Crippen molar-refractivity contribution in [1.82, 2.24) is 5.32 Å². The van der Waals surface area contributed by atoms with Crippen molar-refractivity contribution >= 4 is 17.5 Å². The van der Waals surface area contributed by atoms with E-state index in [1.165, 1.54) is 0 Å². The minimum atomic E-state index is -0.525. The molecule has 1 aromatic rings. The Labute approximate surface area is 136 Å². The monoisotopic (exact) mass is 323 g/mol. The molecule has 1 amide bonds. The zero-order chi connectivity index (χ0) is 17.6. The molecule has 23 heavy (non-hydrogen) atoms. The number of nitrogens with zero attached hydrogens (tertiary/aromatic N) is 1. The van der Waals surface area contributed by atoms with Crippen LogP contribution in [0.4, 0.5) is 16.2 Å². The minimum absolute atomic E-state index is 0.0631. The molecule has 0 heterocycles. The van der Waals surface area contributed by atoms with Crippen molar-refractivity contribution in [1.29, 1.82) is 0 Å². The molecule has 0 radical (unpaired) electrons. The molecule has 0 saturated carbocycles. The molecule has 0 aliphatic heterocycles. The molecule has 0 atom stereocenters. The van der Waals surface area contributed by atoms with Gasteiger partial charge >= 0.3 is 6.09 Å². The van der Waals surface area contributed by atoms with Crippen LogP contribution >= 0.6 is 0 Å². The number of aryl methyl sites for hydroxylation is 2. The van der Waals surface area contributed by atoms with Gasteiger partial charge in [-0.15, -0.1) is 0 Å². The van der Waals surface area contributed by atoms with Gasteiger partial charge in [0.15, 0.2) is 0 Å². The van der Waals surface area contributed by atoms with Gasteiger partial charge in [0.05, 0.1) is 4.92 Å². The van der Waals surface area contributed by atoms with Crippen molar-refractivity contribution in [3.63, 3.8) is 0 Å². The number of nitro groups is 1. The highest BCUT2D eigenvalue weighted by Gasteiger charge is 2.16. The largest absolute Gasteiger partial charge is 0.444 e. The smallest absolute Gasteiger partial charge is 0.407 e. The number of alkyl carbamates (subject to hydrolysis) is 1. The first-order valence-electron chi connectivity index (χ1n) is 7.56. The van der Waals surface area contributed by atoms with Crippen molar-refractivity contribution in [3.8, 4) is 0 Å². The highest BCUT2D eigenvalue weighted by molar-refractivity contribution is 5.67. The van der Waals surface area contributed by atoms with Crippen LogP contribution in [0.2, 0.25) is 0 Å². The summed E-state index contributed by atoms with van der Waals surface area (Å²) >= 11 is 0. The SMILES string of the molecule is Cc1cc(NCCCNC(=O)OC(C)(C)C)c([N+](=O)[O-])cc1C. The van der Waals surface area contributed by atoms with Crippen molar-refractivity contribution in [2.24, 2.45) is 0 Å². The molecule has 2 N–H and O–H groups in total. The highest BCUT2D eigenvalue weighted by Crippen LogP contribution is 2.27. The van der Waals surface area contributed by atoms with Crippen molar-refractivity contribution in [2.45, 2.75) is 46.6 Å². The lowest BCUT2D eigenvalue weighted by molar-refractivity contribution is -0.384. The molecule has 0 aliphatic rings. The predicted octanol–water partition coefficient (Wildman–Crippen LogP) is 3.54. The standard InChI is InChI=1S/C16H25N3O4/c1-11-9-13(14(19(21)22)10-12(11)2)17-7-6-8-18-15(20)23-16(3,4)5/h9-10,17H,6-8H2,1-5H3,(H,18,20). The van der Waals surface area contributed by atoms with Gasteiger partial charge in [0.2, 0.25) is 0 Å². The van der Waals surface area contributed by atoms with Crippen LogP contribution in [-0.2, 0) is 4.74 Å². The van der Waals surface area contributed by atoms with Crippen LogP contribution in [0.25, 0.3) is 0 Å². The van der Waals surface area contributed by atoms with E-state index in [0.717, 1.165) is 11.1 Å². The Morgan fingerprint density at radius 3 is 2.39 bits per heavy atom. The van der Waals surface area contributed by atoms with Gasteiger partial charge < -0.3 is 15.4 Å². The number of anilines is 1. The summed E-state index contributed by atoms with van der Waals surface area (Å²) in [5, 5.41) is 16.8. The lowest BCUT2D eigenvalue weighted by Gasteiger charge is -2.19. The Morgan fingerprint density at radius 1 is 1.22 bits per heavy atom. The highest BCUT2D eigenvalue weighted by atomic mass is 16.6. The van der Waals surface area contributed by atoms with E-state index in [1.54, 1.807) is 32.9 Å². The van der Waals surface area contributed by atoms with Crippen LogP contribution in [0.15, 0.2) is 12.1 Å². The van der Waals surface area contributed by atoms with Gasteiger partial charge in [-0.3, -0.25) is 10.1 Å². The molecule has 7 heteroatoms. The fraction of sp³-hybridized carbons (Fsp3) is 0.562. The number of nitrogens with one attached hydrogen (secondary N) is 2. The Balaban J connectivity index is 2.46. The fourth-order valence-corrected chi connectivity index (χ4v) is 1.91. The molecule has 128 valence electrons. The molecular formula is C16H25N3O4. The summed E-state index contributed by atoms with van der Waals surface area (Å²) in [5.41, 5.74) is 1.91. The van der Waals surface area contributed by atoms with E-state index in [0.29, 0.717) is 25.2 Å². The summed E-state index contributed by atoms with van der Waals surface area (Å²) in [6.45, 7) is 10.1. The summed E-state index contributed by atoms with van der Waals surface area (Å²) < 4.78 is 5.12. The summed E-state index contributed by atoms with van der Waals surface area (Å²) in [5.74, 6) is 0. The molecule has 0 spiro atoms. The number of nitro benzene ring substituents is 1. The lowest BCUT2D eigenvalue weighted by atomic mass is 10.1. The Morgan fingerprint density at radius 2 is 1.83 bits per heavy atom. The molecule has 0 unspecified atom stereocenters. The number of benzene rings is 1. The van der Waals surface area contributed by atoms with Crippen LogP contribution in [0.3, 0.4) is 0 Å². The minimum Gasteiger partial charge on any atom is -0.444 e. The fourth-order valence-electron chi connectivity index (χ4n) is 1.91. The third-order valence-electron chi connectivity index (χ3n) is 3.15. The maximum atomic E-state index is 11.5. The van der Waals surface area contributed by atoms with E-state index in [4.69, 9.17) is 4.74 Å². The van der Waals surface area contributed by atoms with Gasteiger partial charge in [0, 0.05) is 19.2 Å². The third kappa shape index (κ3) is 6.54. The van der Waals surface area contributed by atoms with Gasteiger partial charge in [0.25, 0.3) is 5.69 Å². The number of rotatable bonds is 6. The third-order valence-corrected chi connectivity index (χ3v) is 3.15. The van der Waals surface area contributed by atoms with Gasteiger partial charge in [0.1, 0.15) is 11.3 Å². The molecule has 7 nitrogen and oxygen atoms in total. The van der Waals surface area contributed by atoms with Crippen LogP contribution in [0, 0.1) is 24.0 Å². The first-order chi connectivity index (χ1) is 10.6. The molecule has 0 bridgehead atoms. The zero-order valence-electron chi connectivity index (χ0n) is 14.4. The number of ether oxygens (including phenoxy) is 1. The number of hydrogen-bond donors (Lipinski definition) is 2. The molecule has 0 saturated heterocycles. The van der Waals surface area contributed by atoms with Crippen molar-refractivity contribution in [2.75, 3.05) is 18.4 Å². The van der Waals surface area contributed by atoms with Gasteiger partial charge in [-0.05, 0) is 58.2 Å². The molecule has 0 aromatic heterocycles. The number of amides is 1. The van der Waals surface area contributed by atoms with E-state index in [9.17, 15) is 14.9 Å². The van der Waals surface area contributed by atoms with E-state index < -0.39 is 16.6 Å². The second-order valence-corrected chi connectivity index (χ2v) is 6.42. The number of carbonyl (C=O) groups is 1. The van der Waals surface area contributed by atoms with Crippen molar-refractivity contribution < 1.29 is 14.5 Å². The molecule has 0 aliphatic carbocycles. The summed E-state index contributed by atoms with van der Waals surface area (Å²) in [6.07, 6.45) is 0.165. The molecule has 1 rings (SSSR count). The van der Waals surface area contributed by atoms with Gasteiger partial charge in [-0.25, -0.2) is 4.79 Å². The quantitative estimate of drug-likeness (QED) is 0.474. The number of hydrogen-bond acceptors (Lipinski definition) is 5. The second-order valence-electron chi connectivity index (χ2n) is 6.42. The zero-order valence-corrected chi connectivity index (χ0v) is 14.4. The second kappa shape index (κ2) is 7.80. The van der Waals surface area contributed by atoms with Crippen LogP contribution in [-0.4, -0.2) is 29.7 Å². The van der Waals surface area contributed by atoms with Crippen LogP contribution in [0.5, 0.6) is 0 Å². The Hall–Kier alpha value is -2.31. The first-order valence-corrected chi connectivity index (χ1v) is 7.56. The normalized spacial score (nSPS) is 11.0. The van der Waals surface area contributed by atoms with Crippen molar-refractivity contribution in [3.05, 3.63) is 33.4 Å². The van der Waals surface area contributed by atoms with Gasteiger partial charge in [-0.1, -0.05) is 0 Å². The van der Waals surface area contributed by atoms with Crippen LogP contribution < -0.4 is 10.6 Å².